The molecule has 2 fully saturated rings. The highest BCUT2D eigenvalue weighted by Crippen LogP contribution is 2.46. The van der Waals surface area contributed by atoms with Gasteiger partial charge < -0.3 is 19.5 Å². The third-order valence-corrected chi connectivity index (χ3v) is 6.15. The standard InChI is InChI=1S/C21H24N6O2/c1-29-8-7-17(28)27-10-15-9-26(21-18-20(23-12-22-18)24-13-25-21)11-16(15)19(27)14-5-3-2-4-6-14/h2-6,12-13,15-16,19H,7-11H2,1H3,(H,22,23,24,25)/t15-,16-,19-/m0/s1. The summed E-state index contributed by atoms with van der Waals surface area (Å²) in [5.74, 6) is 1.82. The summed E-state index contributed by atoms with van der Waals surface area (Å²) in [4.78, 5) is 33.5. The zero-order valence-corrected chi connectivity index (χ0v) is 16.4. The molecule has 1 N–H and O–H groups in total. The molecular weight excluding hydrogens is 368 g/mol. The van der Waals surface area contributed by atoms with Crippen LogP contribution in [0.15, 0.2) is 43.0 Å². The van der Waals surface area contributed by atoms with Crippen LogP contribution in [0.5, 0.6) is 0 Å². The van der Waals surface area contributed by atoms with E-state index in [0.29, 0.717) is 30.5 Å². The second-order valence-electron chi connectivity index (χ2n) is 7.77. The van der Waals surface area contributed by atoms with Gasteiger partial charge in [-0.15, -0.1) is 0 Å². The highest BCUT2D eigenvalue weighted by Gasteiger charge is 2.49. The number of hydrogen-bond acceptors (Lipinski definition) is 6. The van der Waals surface area contributed by atoms with Crippen molar-refractivity contribution in [1.29, 1.82) is 0 Å². The van der Waals surface area contributed by atoms with E-state index in [1.807, 2.05) is 18.2 Å². The first kappa shape index (κ1) is 18.1. The number of carbonyl (C=O) groups is 1. The molecule has 0 aliphatic carbocycles. The number of nitrogens with one attached hydrogen (secondary N) is 1. The zero-order valence-electron chi connectivity index (χ0n) is 16.4. The van der Waals surface area contributed by atoms with Crippen molar-refractivity contribution in [1.82, 2.24) is 24.8 Å². The van der Waals surface area contributed by atoms with Crippen LogP contribution >= 0.6 is 0 Å². The van der Waals surface area contributed by atoms with Gasteiger partial charge in [0.25, 0.3) is 0 Å². The number of rotatable bonds is 5. The molecule has 2 aliphatic rings. The van der Waals surface area contributed by atoms with E-state index in [4.69, 9.17) is 4.74 Å². The Labute approximate surface area is 168 Å². The maximum absolute atomic E-state index is 12.9. The molecule has 0 radical (unpaired) electrons. The molecule has 0 bridgehead atoms. The van der Waals surface area contributed by atoms with E-state index in [1.54, 1.807) is 19.8 Å². The summed E-state index contributed by atoms with van der Waals surface area (Å²) in [7, 11) is 1.64. The smallest absolute Gasteiger partial charge is 0.225 e. The van der Waals surface area contributed by atoms with Crippen LogP contribution in [0.1, 0.15) is 18.0 Å². The number of H-pyrrole nitrogens is 1. The molecule has 2 saturated heterocycles. The first-order chi connectivity index (χ1) is 14.3. The molecule has 4 heterocycles. The van der Waals surface area contributed by atoms with E-state index in [1.165, 1.54) is 5.56 Å². The largest absolute Gasteiger partial charge is 0.384 e. The molecule has 8 nitrogen and oxygen atoms in total. The summed E-state index contributed by atoms with van der Waals surface area (Å²) >= 11 is 0. The van der Waals surface area contributed by atoms with E-state index < -0.39 is 0 Å². The molecule has 1 amide bonds. The molecule has 29 heavy (non-hydrogen) atoms. The van der Waals surface area contributed by atoms with Gasteiger partial charge in [-0.25, -0.2) is 15.0 Å². The zero-order chi connectivity index (χ0) is 19.8. The molecule has 0 spiro atoms. The van der Waals surface area contributed by atoms with Crippen LogP contribution in [-0.4, -0.2) is 64.1 Å². The highest BCUT2D eigenvalue weighted by atomic mass is 16.5. The van der Waals surface area contributed by atoms with Gasteiger partial charge >= 0.3 is 0 Å². The first-order valence-corrected chi connectivity index (χ1v) is 9.98. The lowest BCUT2D eigenvalue weighted by molar-refractivity contribution is -0.133. The fraction of sp³-hybridized carbons (Fsp3) is 0.429. The van der Waals surface area contributed by atoms with Gasteiger partial charge in [-0.2, -0.15) is 0 Å². The van der Waals surface area contributed by atoms with Crippen LogP contribution in [0, 0.1) is 11.8 Å². The summed E-state index contributed by atoms with van der Waals surface area (Å²) in [6.07, 6.45) is 3.65. The molecule has 2 aromatic heterocycles. The van der Waals surface area contributed by atoms with E-state index in [0.717, 1.165) is 31.0 Å². The van der Waals surface area contributed by atoms with Crippen molar-refractivity contribution in [2.24, 2.45) is 11.8 Å². The average Bonchev–Trinajstić information content (AvgIpc) is 3.46. The second-order valence-corrected chi connectivity index (χ2v) is 7.77. The number of benzene rings is 1. The number of aromatic amines is 1. The summed E-state index contributed by atoms with van der Waals surface area (Å²) in [6.45, 7) is 2.94. The fourth-order valence-electron chi connectivity index (χ4n) is 4.88. The van der Waals surface area contributed by atoms with Gasteiger partial charge in [0.05, 0.1) is 25.4 Å². The van der Waals surface area contributed by atoms with Gasteiger partial charge in [0, 0.05) is 38.6 Å². The van der Waals surface area contributed by atoms with Crippen LogP contribution in [0.2, 0.25) is 0 Å². The van der Waals surface area contributed by atoms with E-state index in [2.05, 4.69) is 41.9 Å². The van der Waals surface area contributed by atoms with Crippen LogP contribution in [-0.2, 0) is 9.53 Å². The lowest BCUT2D eigenvalue weighted by atomic mass is 9.89. The Morgan fingerprint density at radius 2 is 2.03 bits per heavy atom. The highest BCUT2D eigenvalue weighted by molar-refractivity contribution is 5.83. The van der Waals surface area contributed by atoms with Crippen molar-refractivity contribution in [2.45, 2.75) is 12.5 Å². The van der Waals surface area contributed by atoms with Gasteiger partial charge in [0.2, 0.25) is 5.91 Å². The molecule has 3 atom stereocenters. The Morgan fingerprint density at radius 1 is 1.17 bits per heavy atom. The monoisotopic (exact) mass is 392 g/mol. The van der Waals surface area contributed by atoms with E-state index >= 15 is 0 Å². The van der Waals surface area contributed by atoms with Crippen LogP contribution < -0.4 is 4.90 Å². The predicted molar refractivity (Wildman–Crippen MR) is 108 cm³/mol. The molecule has 0 unspecified atom stereocenters. The molecule has 150 valence electrons. The number of anilines is 1. The maximum Gasteiger partial charge on any atom is 0.225 e. The molecule has 2 aliphatic heterocycles. The molecule has 1 aromatic carbocycles. The second kappa shape index (κ2) is 7.44. The number of fused-ring (bicyclic) bond motifs is 2. The van der Waals surface area contributed by atoms with Gasteiger partial charge in [-0.05, 0) is 5.56 Å². The Kier molecular flexibility index (Phi) is 4.63. The molecule has 5 rings (SSSR count). The molecular formula is C21H24N6O2. The van der Waals surface area contributed by atoms with Gasteiger partial charge in [0.15, 0.2) is 11.5 Å². The minimum atomic E-state index is 0.0784. The van der Waals surface area contributed by atoms with Crippen molar-refractivity contribution in [3.05, 3.63) is 48.5 Å². The summed E-state index contributed by atoms with van der Waals surface area (Å²) in [5.41, 5.74) is 2.75. The van der Waals surface area contributed by atoms with Crippen LogP contribution in [0.25, 0.3) is 11.2 Å². The number of ether oxygens (including phenoxy) is 1. The van der Waals surface area contributed by atoms with E-state index in [9.17, 15) is 4.79 Å². The van der Waals surface area contributed by atoms with Gasteiger partial charge in [-0.3, -0.25) is 4.79 Å². The molecule has 3 aromatic rings. The van der Waals surface area contributed by atoms with Crippen molar-refractivity contribution in [3.63, 3.8) is 0 Å². The number of amides is 1. The summed E-state index contributed by atoms with van der Waals surface area (Å²) < 4.78 is 5.14. The fourth-order valence-corrected chi connectivity index (χ4v) is 4.88. The number of aromatic nitrogens is 4. The van der Waals surface area contributed by atoms with Crippen molar-refractivity contribution in [2.75, 3.05) is 38.3 Å². The minimum Gasteiger partial charge on any atom is -0.384 e. The number of methoxy groups -OCH3 is 1. The van der Waals surface area contributed by atoms with E-state index in [-0.39, 0.29) is 11.9 Å². The summed E-state index contributed by atoms with van der Waals surface area (Å²) in [5, 5.41) is 0. The lowest BCUT2D eigenvalue weighted by Crippen LogP contribution is -2.36. The number of hydrogen-bond donors (Lipinski definition) is 1. The third kappa shape index (κ3) is 3.13. The van der Waals surface area contributed by atoms with Crippen LogP contribution in [0.3, 0.4) is 0 Å². The van der Waals surface area contributed by atoms with Crippen molar-refractivity contribution in [3.8, 4) is 0 Å². The van der Waals surface area contributed by atoms with Gasteiger partial charge in [0.1, 0.15) is 11.8 Å². The topological polar surface area (TPSA) is 87.2 Å². The SMILES string of the molecule is COCCC(=O)N1C[C@@H]2CN(c3ncnc4nc[nH]c34)C[C@@H]2[C@@H]1c1ccccc1. The minimum absolute atomic E-state index is 0.0784. The summed E-state index contributed by atoms with van der Waals surface area (Å²) in [6, 6.07) is 10.4. The number of likely N-dealkylation sites (tertiary alicyclic amines) is 1. The van der Waals surface area contributed by atoms with Crippen molar-refractivity contribution >= 4 is 22.9 Å². The van der Waals surface area contributed by atoms with Crippen LogP contribution in [0.4, 0.5) is 5.82 Å². The Morgan fingerprint density at radius 3 is 2.86 bits per heavy atom. The number of imidazole rings is 1. The number of carbonyl (C=O) groups excluding carboxylic acids is 1. The Hall–Kier alpha value is -3.00. The Balaban J connectivity index is 1.44. The average molecular weight is 392 g/mol. The Bertz CT molecular complexity index is 1010. The molecule has 0 saturated carbocycles. The van der Waals surface area contributed by atoms with Crippen molar-refractivity contribution < 1.29 is 9.53 Å². The first-order valence-electron chi connectivity index (χ1n) is 9.98. The quantitative estimate of drug-likeness (QED) is 0.715. The molecule has 8 heteroatoms. The lowest BCUT2D eigenvalue weighted by Gasteiger charge is -2.30. The number of nitrogens with zero attached hydrogens (tertiary/aromatic N) is 5. The normalized spacial score (nSPS) is 23.7. The van der Waals surface area contributed by atoms with Gasteiger partial charge in [-0.1, -0.05) is 30.3 Å². The predicted octanol–water partition coefficient (Wildman–Crippen LogP) is 2.03. The maximum atomic E-state index is 12.9. The third-order valence-electron chi connectivity index (χ3n) is 6.15.